The fourth-order valence-electron chi connectivity index (χ4n) is 3.13. The average molecular weight is 392 g/mol. The molecule has 1 fully saturated rings. The number of ether oxygens (including phenoxy) is 3. The van der Waals surface area contributed by atoms with E-state index in [4.69, 9.17) is 25.8 Å². The fourth-order valence-corrected chi connectivity index (χ4v) is 3.33. The van der Waals surface area contributed by atoms with Crippen molar-refractivity contribution in [3.05, 3.63) is 52.0 Å². The highest BCUT2D eigenvalue weighted by molar-refractivity contribution is 6.31. The van der Waals surface area contributed by atoms with Crippen LogP contribution in [0.25, 0.3) is 0 Å². The molecular formula is C20H22ClNO5. The van der Waals surface area contributed by atoms with Crippen molar-refractivity contribution in [2.45, 2.75) is 6.54 Å². The first-order valence-electron chi connectivity index (χ1n) is 8.62. The number of phenols is 1. The minimum absolute atomic E-state index is 0.101. The van der Waals surface area contributed by atoms with E-state index in [0.29, 0.717) is 41.7 Å². The van der Waals surface area contributed by atoms with Gasteiger partial charge in [0.1, 0.15) is 22.8 Å². The van der Waals surface area contributed by atoms with Gasteiger partial charge in [-0.1, -0.05) is 23.7 Å². The number of halogens is 1. The zero-order valence-electron chi connectivity index (χ0n) is 15.3. The number of phenolic OH excluding ortho intramolecular Hbond substituents is 1. The summed E-state index contributed by atoms with van der Waals surface area (Å²) in [5.74, 6) is 0.221. The Morgan fingerprint density at radius 3 is 2.52 bits per heavy atom. The number of nitrogens with zero attached hydrogens (tertiary/aromatic N) is 1. The third-order valence-electron chi connectivity index (χ3n) is 4.57. The molecule has 3 rings (SSSR count). The van der Waals surface area contributed by atoms with Crippen LogP contribution in [0.5, 0.6) is 17.2 Å². The van der Waals surface area contributed by atoms with Crippen LogP contribution in [0, 0.1) is 0 Å². The van der Waals surface area contributed by atoms with E-state index >= 15 is 0 Å². The molecular weight excluding hydrogens is 370 g/mol. The molecule has 2 aromatic rings. The van der Waals surface area contributed by atoms with Crippen molar-refractivity contribution in [3.63, 3.8) is 0 Å². The van der Waals surface area contributed by atoms with Gasteiger partial charge in [-0.25, -0.2) is 0 Å². The van der Waals surface area contributed by atoms with E-state index in [0.717, 1.165) is 13.1 Å². The van der Waals surface area contributed by atoms with Crippen molar-refractivity contribution in [1.29, 1.82) is 0 Å². The van der Waals surface area contributed by atoms with Gasteiger partial charge in [0, 0.05) is 36.3 Å². The van der Waals surface area contributed by atoms with E-state index in [9.17, 15) is 9.90 Å². The van der Waals surface area contributed by atoms with Gasteiger partial charge in [-0.3, -0.25) is 9.69 Å². The minimum Gasteiger partial charge on any atom is -0.507 e. The van der Waals surface area contributed by atoms with Crippen LogP contribution in [-0.2, 0) is 11.3 Å². The molecule has 1 N–H and O–H groups in total. The Morgan fingerprint density at radius 1 is 1.19 bits per heavy atom. The number of hydrogen-bond donors (Lipinski definition) is 1. The molecule has 0 radical (unpaired) electrons. The van der Waals surface area contributed by atoms with E-state index in [1.54, 1.807) is 30.3 Å². The van der Waals surface area contributed by atoms with Crippen molar-refractivity contribution >= 4 is 17.4 Å². The number of carbonyl (C=O) groups excluding carboxylic acids is 1. The topological polar surface area (TPSA) is 68.2 Å². The Hall–Kier alpha value is -2.28. The molecule has 0 aliphatic carbocycles. The van der Waals surface area contributed by atoms with Gasteiger partial charge in [0.15, 0.2) is 0 Å². The zero-order valence-corrected chi connectivity index (χ0v) is 16.1. The summed E-state index contributed by atoms with van der Waals surface area (Å²) in [5, 5.41) is 11.4. The van der Waals surface area contributed by atoms with Crippen LogP contribution < -0.4 is 9.47 Å². The Labute approximate surface area is 163 Å². The molecule has 0 spiro atoms. The summed E-state index contributed by atoms with van der Waals surface area (Å²) in [5.41, 5.74) is 1.02. The summed E-state index contributed by atoms with van der Waals surface area (Å²) in [4.78, 5) is 15.2. The second-order valence-electron chi connectivity index (χ2n) is 6.21. The minimum atomic E-state index is -0.363. The molecule has 27 heavy (non-hydrogen) atoms. The molecule has 144 valence electrons. The maximum absolute atomic E-state index is 13.1. The van der Waals surface area contributed by atoms with E-state index in [2.05, 4.69) is 4.90 Å². The molecule has 2 aromatic carbocycles. The molecule has 0 unspecified atom stereocenters. The van der Waals surface area contributed by atoms with E-state index < -0.39 is 0 Å². The van der Waals surface area contributed by atoms with Crippen LogP contribution in [0.1, 0.15) is 21.5 Å². The monoisotopic (exact) mass is 391 g/mol. The fraction of sp³-hybridized carbons (Fsp3) is 0.350. The van der Waals surface area contributed by atoms with Gasteiger partial charge in [0.2, 0.25) is 5.78 Å². The number of rotatable bonds is 6. The second kappa shape index (κ2) is 8.61. The highest BCUT2D eigenvalue weighted by Gasteiger charge is 2.26. The number of ketones is 1. The Balaban J connectivity index is 2.06. The lowest BCUT2D eigenvalue weighted by molar-refractivity contribution is 0.0335. The lowest BCUT2D eigenvalue weighted by Gasteiger charge is -2.28. The van der Waals surface area contributed by atoms with Crippen LogP contribution in [0.3, 0.4) is 0 Å². The summed E-state index contributed by atoms with van der Waals surface area (Å²) in [7, 11) is 2.97. The maximum atomic E-state index is 13.1. The van der Waals surface area contributed by atoms with Gasteiger partial charge in [-0.2, -0.15) is 0 Å². The molecule has 0 atom stereocenters. The van der Waals surface area contributed by atoms with Crippen molar-refractivity contribution in [2.75, 3.05) is 40.5 Å². The number of methoxy groups -OCH3 is 2. The Bertz CT molecular complexity index is 833. The molecule has 6 nitrogen and oxygen atoms in total. The summed E-state index contributed by atoms with van der Waals surface area (Å²) in [6, 6.07) is 8.23. The summed E-state index contributed by atoms with van der Waals surface area (Å²) < 4.78 is 16.2. The first-order valence-corrected chi connectivity index (χ1v) is 9.00. The standard InChI is InChI=1S/C20H22ClNO5/c1-25-16-11-17(26-2)18(19(23)13-4-3-5-14(21)10-13)20(24)15(16)12-22-6-8-27-9-7-22/h3-5,10-11,24H,6-9,12H2,1-2H3. The van der Waals surface area contributed by atoms with Crippen LogP contribution >= 0.6 is 11.6 Å². The normalized spacial score (nSPS) is 14.8. The molecule has 1 heterocycles. The van der Waals surface area contributed by atoms with Gasteiger partial charge in [-0.15, -0.1) is 0 Å². The number of benzene rings is 2. The molecule has 0 amide bonds. The van der Waals surface area contributed by atoms with Gasteiger partial charge >= 0.3 is 0 Å². The van der Waals surface area contributed by atoms with Gasteiger partial charge in [-0.05, 0) is 12.1 Å². The molecule has 1 saturated heterocycles. The van der Waals surface area contributed by atoms with E-state index in [1.165, 1.54) is 14.2 Å². The van der Waals surface area contributed by atoms with Crippen LogP contribution in [0.4, 0.5) is 0 Å². The number of hydrogen-bond acceptors (Lipinski definition) is 6. The summed E-state index contributed by atoms with van der Waals surface area (Å²) >= 11 is 6.01. The molecule has 0 bridgehead atoms. The van der Waals surface area contributed by atoms with Crippen LogP contribution in [0.15, 0.2) is 30.3 Å². The molecule has 1 aliphatic heterocycles. The smallest absolute Gasteiger partial charge is 0.200 e. The third-order valence-corrected chi connectivity index (χ3v) is 4.80. The first kappa shape index (κ1) is 19.5. The average Bonchev–Trinajstić information content (AvgIpc) is 2.69. The highest BCUT2D eigenvalue weighted by atomic mass is 35.5. The quantitative estimate of drug-likeness (QED) is 0.763. The molecule has 1 aliphatic rings. The second-order valence-corrected chi connectivity index (χ2v) is 6.65. The summed E-state index contributed by atoms with van der Waals surface area (Å²) in [6.45, 7) is 3.19. The number of morpholine rings is 1. The van der Waals surface area contributed by atoms with Gasteiger partial charge in [0.25, 0.3) is 0 Å². The highest BCUT2D eigenvalue weighted by Crippen LogP contribution is 2.40. The maximum Gasteiger partial charge on any atom is 0.200 e. The SMILES string of the molecule is COc1cc(OC)c(C(=O)c2cccc(Cl)c2)c(O)c1CN1CCOCC1. The van der Waals surface area contributed by atoms with Crippen LogP contribution in [0.2, 0.25) is 5.02 Å². The predicted octanol–water partition coefficient (Wildman–Crippen LogP) is 3.13. The lowest BCUT2D eigenvalue weighted by Crippen LogP contribution is -2.35. The summed E-state index contributed by atoms with van der Waals surface area (Å²) in [6.07, 6.45) is 0. The first-order chi connectivity index (χ1) is 13.0. The molecule has 0 aromatic heterocycles. The molecule has 0 saturated carbocycles. The lowest BCUT2D eigenvalue weighted by atomic mass is 9.97. The van der Waals surface area contributed by atoms with E-state index in [-0.39, 0.29) is 22.8 Å². The van der Waals surface area contributed by atoms with Crippen molar-refractivity contribution in [3.8, 4) is 17.2 Å². The Kier molecular flexibility index (Phi) is 6.21. The largest absolute Gasteiger partial charge is 0.507 e. The van der Waals surface area contributed by atoms with Crippen molar-refractivity contribution in [2.24, 2.45) is 0 Å². The molecule has 7 heteroatoms. The predicted molar refractivity (Wildman–Crippen MR) is 102 cm³/mol. The Morgan fingerprint density at radius 2 is 1.89 bits per heavy atom. The van der Waals surface area contributed by atoms with Gasteiger partial charge < -0.3 is 19.3 Å². The van der Waals surface area contributed by atoms with Gasteiger partial charge in [0.05, 0.1) is 33.0 Å². The number of carbonyl (C=O) groups is 1. The van der Waals surface area contributed by atoms with Crippen molar-refractivity contribution < 1.29 is 24.1 Å². The van der Waals surface area contributed by atoms with Crippen LogP contribution in [-0.4, -0.2) is 56.3 Å². The van der Waals surface area contributed by atoms with Crippen molar-refractivity contribution in [1.82, 2.24) is 4.90 Å². The third kappa shape index (κ3) is 4.18. The van der Waals surface area contributed by atoms with E-state index in [1.807, 2.05) is 0 Å². The zero-order chi connectivity index (χ0) is 19.4. The number of aromatic hydroxyl groups is 1.